The fourth-order valence-electron chi connectivity index (χ4n) is 3.34. The lowest BCUT2D eigenvalue weighted by Crippen LogP contribution is -2.66. The van der Waals surface area contributed by atoms with Gasteiger partial charge in [0.15, 0.2) is 0 Å². The van der Waals surface area contributed by atoms with Crippen molar-refractivity contribution in [3.05, 3.63) is 35.6 Å². The van der Waals surface area contributed by atoms with Crippen molar-refractivity contribution >= 4 is 0 Å². The SMILES string of the molecule is N[C@@]1(c2cccc(F)c2)CCCCC12CCO2. The zero-order valence-electron chi connectivity index (χ0n) is 9.92. The van der Waals surface area contributed by atoms with Gasteiger partial charge in [0.1, 0.15) is 5.82 Å². The van der Waals surface area contributed by atoms with Crippen molar-refractivity contribution in [3.8, 4) is 0 Å². The van der Waals surface area contributed by atoms with E-state index in [0.29, 0.717) is 0 Å². The second-order valence-corrected chi connectivity index (χ2v) is 5.28. The van der Waals surface area contributed by atoms with E-state index < -0.39 is 5.54 Å². The summed E-state index contributed by atoms with van der Waals surface area (Å²) < 4.78 is 19.2. The van der Waals surface area contributed by atoms with Crippen molar-refractivity contribution in [1.82, 2.24) is 0 Å². The first-order chi connectivity index (χ1) is 8.16. The van der Waals surface area contributed by atoms with Crippen molar-refractivity contribution in [2.24, 2.45) is 5.73 Å². The molecule has 0 radical (unpaired) electrons. The highest BCUT2D eigenvalue weighted by Crippen LogP contribution is 2.51. The summed E-state index contributed by atoms with van der Waals surface area (Å²) in [6.07, 6.45) is 5.14. The van der Waals surface area contributed by atoms with Crippen LogP contribution in [0.3, 0.4) is 0 Å². The summed E-state index contributed by atoms with van der Waals surface area (Å²) in [6.45, 7) is 0.786. The number of hydrogen-bond acceptors (Lipinski definition) is 2. The van der Waals surface area contributed by atoms with E-state index in [2.05, 4.69) is 0 Å². The largest absolute Gasteiger partial charge is 0.373 e. The molecule has 1 aliphatic heterocycles. The molecule has 1 heterocycles. The van der Waals surface area contributed by atoms with Crippen LogP contribution >= 0.6 is 0 Å². The van der Waals surface area contributed by atoms with Gasteiger partial charge >= 0.3 is 0 Å². The van der Waals surface area contributed by atoms with Crippen LogP contribution in [-0.4, -0.2) is 12.2 Å². The minimum absolute atomic E-state index is 0.215. The highest BCUT2D eigenvalue weighted by atomic mass is 19.1. The molecule has 2 N–H and O–H groups in total. The fraction of sp³-hybridized carbons (Fsp3) is 0.571. The molecule has 1 aromatic rings. The predicted octanol–water partition coefficient (Wildman–Crippen LogP) is 2.71. The third-order valence-electron chi connectivity index (χ3n) is 4.44. The molecule has 92 valence electrons. The molecule has 2 fully saturated rings. The van der Waals surface area contributed by atoms with E-state index in [4.69, 9.17) is 10.5 Å². The van der Waals surface area contributed by atoms with E-state index in [1.54, 1.807) is 12.1 Å². The molecule has 3 heteroatoms. The average Bonchev–Trinajstić information content (AvgIpc) is 2.27. The van der Waals surface area contributed by atoms with Gasteiger partial charge in [-0.05, 0) is 30.5 Å². The van der Waals surface area contributed by atoms with Gasteiger partial charge < -0.3 is 10.5 Å². The number of ether oxygens (including phenoxy) is 1. The Morgan fingerprint density at radius 3 is 2.59 bits per heavy atom. The zero-order chi connectivity index (χ0) is 11.9. The van der Waals surface area contributed by atoms with E-state index in [1.165, 1.54) is 6.07 Å². The van der Waals surface area contributed by atoms with Gasteiger partial charge in [-0.1, -0.05) is 25.0 Å². The van der Waals surface area contributed by atoms with E-state index in [1.807, 2.05) is 6.07 Å². The molecule has 0 aromatic heterocycles. The van der Waals surface area contributed by atoms with Crippen LogP contribution in [0.1, 0.15) is 37.7 Å². The molecule has 0 bridgehead atoms. The van der Waals surface area contributed by atoms with Gasteiger partial charge in [-0.3, -0.25) is 0 Å². The number of benzene rings is 1. The molecule has 17 heavy (non-hydrogen) atoms. The maximum atomic E-state index is 13.4. The molecule has 2 atom stereocenters. The monoisotopic (exact) mass is 235 g/mol. The third-order valence-corrected chi connectivity index (χ3v) is 4.44. The smallest absolute Gasteiger partial charge is 0.123 e. The van der Waals surface area contributed by atoms with E-state index >= 15 is 0 Å². The van der Waals surface area contributed by atoms with Gasteiger partial charge in [0.2, 0.25) is 0 Å². The highest BCUT2D eigenvalue weighted by molar-refractivity contribution is 5.31. The molecular weight excluding hydrogens is 217 g/mol. The third kappa shape index (κ3) is 1.53. The Morgan fingerprint density at radius 1 is 1.18 bits per heavy atom. The molecule has 0 amide bonds. The quantitative estimate of drug-likeness (QED) is 0.812. The lowest BCUT2D eigenvalue weighted by Gasteiger charge is -2.56. The van der Waals surface area contributed by atoms with Gasteiger partial charge in [0.05, 0.1) is 17.7 Å². The summed E-state index contributed by atoms with van der Waals surface area (Å²) in [5, 5.41) is 0. The van der Waals surface area contributed by atoms with Crippen molar-refractivity contribution in [2.75, 3.05) is 6.61 Å². The lowest BCUT2D eigenvalue weighted by atomic mass is 9.63. The van der Waals surface area contributed by atoms with Gasteiger partial charge in [0, 0.05) is 6.42 Å². The molecule has 3 rings (SSSR count). The second kappa shape index (κ2) is 3.79. The number of nitrogens with two attached hydrogens (primary N) is 1. The van der Waals surface area contributed by atoms with Crippen LogP contribution < -0.4 is 5.73 Å². The van der Waals surface area contributed by atoms with Crippen LogP contribution in [0.5, 0.6) is 0 Å². The summed E-state index contributed by atoms with van der Waals surface area (Å²) in [7, 11) is 0. The Balaban J connectivity index is 2.03. The van der Waals surface area contributed by atoms with E-state index in [-0.39, 0.29) is 11.4 Å². The molecule has 1 aliphatic carbocycles. The Bertz CT molecular complexity index is 430. The molecule has 2 nitrogen and oxygen atoms in total. The standard InChI is InChI=1S/C14H18FNO/c15-12-5-3-4-11(10-12)14(16)7-2-1-6-13(14)8-9-17-13/h3-5,10H,1-2,6-9,16H2/t13?,14-/m1/s1. The summed E-state index contributed by atoms with van der Waals surface area (Å²) in [5.41, 5.74) is 6.74. The lowest BCUT2D eigenvalue weighted by molar-refractivity contribution is -0.209. The van der Waals surface area contributed by atoms with Crippen molar-refractivity contribution in [2.45, 2.75) is 43.2 Å². The maximum absolute atomic E-state index is 13.4. The Morgan fingerprint density at radius 2 is 1.94 bits per heavy atom. The second-order valence-electron chi connectivity index (χ2n) is 5.28. The minimum Gasteiger partial charge on any atom is -0.373 e. The number of rotatable bonds is 1. The molecule has 1 unspecified atom stereocenters. The number of halogens is 1. The fourth-order valence-corrected chi connectivity index (χ4v) is 3.34. The normalized spacial score (nSPS) is 36.8. The van der Waals surface area contributed by atoms with Crippen LogP contribution in [0, 0.1) is 5.82 Å². The van der Waals surface area contributed by atoms with E-state index in [0.717, 1.165) is 44.3 Å². The molecule has 1 aromatic carbocycles. The van der Waals surface area contributed by atoms with Gasteiger partial charge in [-0.15, -0.1) is 0 Å². The van der Waals surface area contributed by atoms with Gasteiger partial charge in [0.25, 0.3) is 0 Å². The summed E-state index contributed by atoms with van der Waals surface area (Å²) in [5.74, 6) is -0.215. The highest BCUT2D eigenvalue weighted by Gasteiger charge is 2.56. The summed E-state index contributed by atoms with van der Waals surface area (Å²) in [6, 6.07) is 6.69. The van der Waals surface area contributed by atoms with Gasteiger partial charge in [-0.25, -0.2) is 4.39 Å². The predicted molar refractivity (Wildman–Crippen MR) is 64.0 cm³/mol. The van der Waals surface area contributed by atoms with Crippen LogP contribution in [-0.2, 0) is 10.3 Å². The van der Waals surface area contributed by atoms with Crippen LogP contribution in [0.2, 0.25) is 0 Å². The van der Waals surface area contributed by atoms with Crippen molar-refractivity contribution in [3.63, 3.8) is 0 Å². The van der Waals surface area contributed by atoms with Gasteiger partial charge in [-0.2, -0.15) is 0 Å². The first kappa shape index (κ1) is 11.2. The summed E-state index contributed by atoms with van der Waals surface area (Å²) in [4.78, 5) is 0. The maximum Gasteiger partial charge on any atom is 0.123 e. The van der Waals surface area contributed by atoms with Crippen LogP contribution in [0.4, 0.5) is 4.39 Å². The van der Waals surface area contributed by atoms with E-state index in [9.17, 15) is 4.39 Å². The topological polar surface area (TPSA) is 35.2 Å². The van der Waals surface area contributed by atoms with Crippen LogP contribution in [0.15, 0.2) is 24.3 Å². The molecule has 2 aliphatic rings. The van der Waals surface area contributed by atoms with Crippen molar-refractivity contribution < 1.29 is 9.13 Å². The Kier molecular flexibility index (Phi) is 2.49. The molecular formula is C14H18FNO. The average molecular weight is 235 g/mol. The Labute approximate surface area is 101 Å². The van der Waals surface area contributed by atoms with Crippen molar-refractivity contribution in [1.29, 1.82) is 0 Å². The number of hydrogen-bond donors (Lipinski definition) is 1. The Hall–Kier alpha value is -0.930. The summed E-state index contributed by atoms with van der Waals surface area (Å²) >= 11 is 0. The first-order valence-corrected chi connectivity index (χ1v) is 6.35. The molecule has 1 saturated carbocycles. The molecule has 1 spiro atoms. The zero-order valence-corrected chi connectivity index (χ0v) is 9.92. The minimum atomic E-state index is -0.508. The first-order valence-electron chi connectivity index (χ1n) is 6.35. The molecule has 1 saturated heterocycles. The van der Waals surface area contributed by atoms with Crippen LogP contribution in [0.25, 0.3) is 0 Å².